The summed E-state index contributed by atoms with van der Waals surface area (Å²) in [5, 5.41) is 31.3. The molecule has 4 amide bonds. The maximum absolute atomic E-state index is 15.3. The van der Waals surface area contributed by atoms with Crippen LogP contribution < -0.4 is 20.5 Å². The summed E-state index contributed by atoms with van der Waals surface area (Å²) < 4.78 is 5.83. The van der Waals surface area contributed by atoms with Gasteiger partial charge in [-0.2, -0.15) is 5.01 Å². The summed E-state index contributed by atoms with van der Waals surface area (Å²) in [6, 6.07) is 27.2. The highest BCUT2D eigenvalue weighted by molar-refractivity contribution is 6.58. The molecule has 8 rings (SSSR count). The number of fused-ring (bicyclic) bond motifs is 4. The first-order chi connectivity index (χ1) is 25.1. The third kappa shape index (κ3) is 4.89. The fraction of sp³-hybridized carbons (Fsp3) is 0.250. The molecule has 11 nitrogen and oxygen atoms in total. The molecule has 4 aromatic rings. The Balaban J connectivity index is 1.32. The molecule has 0 aromatic heterocycles. The summed E-state index contributed by atoms with van der Waals surface area (Å²) in [5.41, 5.74) is 5.42. The summed E-state index contributed by atoms with van der Waals surface area (Å²) in [7, 11) is -0.325. The van der Waals surface area contributed by atoms with Crippen molar-refractivity contribution in [1.82, 2.24) is 5.01 Å². The van der Waals surface area contributed by atoms with E-state index in [9.17, 15) is 29.5 Å². The van der Waals surface area contributed by atoms with E-state index in [0.29, 0.717) is 22.6 Å². The number of carbonyl (C=O) groups excluding carboxylic acids is 4. The van der Waals surface area contributed by atoms with Crippen molar-refractivity contribution in [1.29, 1.82) is 0 Å². The maximum atomic E-state index is 15.3. The van der Waals surface area contributed by atoms with Crippen LogP contribution in [0.15, 0.2) is 109 Å². The quantitative estimate of drug-likeness (QED) is 0.129. The molecule has 1 saturated carbocycles. The molecule has 4 aliphatic rings. The highest BCUT2D eigenvalue weighted by atomic mass is 16.5. The minimum Gasteiger partial charge on any atom is -0.508 e. The lowest BCUT2D eigenvalue weighted by molar-refractivity contribution is -0.138. The number of hydrogen-bond acceptors (Lipinski definition) is 9. The summed E-state index contributed by atoms with van der Waals surface area (Å²) >= 11 is 0. The highest BCUT2D eigenvalue weighted by Crippen LogP contribution is 2.65. The van der Waals surface area contributed by atoms with Crippen LogP contribution in [0, 0.1) is 30.6 Å². The highest BCUT2D eigenvalue weighted by Gasteiger charge is 2.70. The van der Waals surface area contributed by atoms with Gasteiger partial charge in [0.15, 0.2) is 0 Å². The first-order valence-corrected chi connectivity index (χ1v) is 17.2. The van der Waals surface area contributed by atoms with Crippen molar-refractivity contribution in [2.45, 2.75) is 31.1 Å². The number of amides is 4. The molecule has 2 aliphatic heterocycles. The average molecular weight is 698 g/mol. The number of benzene rings is 4. The molecule has 262 valence electrons. The number of nitrogens with zero attached hydrogens (tertiary/aromatic N) is 2. The smallest absolute Gasteiger partial charge is 0.488 e. The Hall–Kier alpha value is -5.72. The van der Waals surface area contributed by atoms with Crippen molar-refractivity contribution >= 4 is 47.6 Å². The van der Waals surface area contributed by atoms with E-state index in [-0.39, 0.29) is 29.7 Å². The Bertz CT molecular complexity index is 2160. The summed E-state index contributed by atoms with van der Waals surface area (Å²) in [5.74, 6) is -5.53. The second kappa shape index (κ2) is 12.5. The topological polar surface area (TPSA) is 157 Å². The third-order valence-corrected chi connectivity index (χ3v) is 11.3. The summed E-state index contributed by atoms with van der Waals surface area (Å²) in [4.78, 5) is 59.8. The molecule has 0 radical (unpaired) electrons. The molecule has 3 fully saturated rings. The second-order valence-electron chi connectivity index (χ2n) is 14.0. The van der Waals surface area contributed by atoms with Gasteiger partial charge < -0.3 is 19.9 Å². The minimum absolute atomic E-state index is 0.0464. The fourth-order valence-corrected chi connectivity index (χ4v) is 9.11. The summed E-state index contributed by atoms with van der Waals surface area (Å²) in [6.07, 6.45) is 2.26. The van der Waals surface area contributed by atoms with Gasteiger partial charge in [0.05, 0.1) is 41.7 Å². The number of aryl methyl sites for hydroxylation is 1. The largest absolute Gasteiger partial charge is 0.508 e. The van der Waals surface area contributed by atoms with Gasteiger partial charge in [-0.1, -0.05) is 77.9 Å². The SMILES string of the molecule is COc1cc(O)ccc1C1C2=CCC3C(=O)N(c4cccc(B(O)O)c4)C(=O)C3C2CC2C(=O)N(Nc3ccc(C)cc3)C(=O)C21c1ccccc1. The second-order valence-corrected chi connectivity index (χ2v) is 14.0. The van der Waals surface area contributed by atoms with E-state index in [1.807, 2.05) is 55.5 Å². The normalized spacial score (nSPS) is 26.5. The molecule has 6 atom stereocenters. The number of nitrogens with one attached hydrogen (secondary N) is 1. The zero-order valence-corrected chi connectivity index (χ0v) is 28.5. The van der Waals surface area contributed by atoms with Gasteiger partial charge in [0, 0.05) is 17.5 Å². The van der Waals surface area contributed by atoms with Gasteiger partial charge in [0.2, 0.25) is 11.8 Å². The van der Waals surface area contributed by atoms with Gasteiger partial charge in [-0.3, -0.25) is 29.5 Å². The van der Waals surface area contributed by atoms with Crippen LogP contribution in [0.2, 0.25) is 0 Å². The van der Waals surface area contributed by atoms with E-state index in [1.54, 1.807) is 30.3 Å². The number of phenolic OH excluding ortho intramolecular Hbond substituents is 1. The predicted molar refractivity (Wildman–Crippen MR) is 192 cm³/mol. The Morgan fingerprint density at radius 1 is 0.846 bits per heavy atom. The lowest BCUT2D eigenvalue weighted by atomic mass is 9.49. The number of hydrazine groups is 1. The van der Waals surface area contributed by atoms with Gasteiger partial charge in [-0.15, -0.1) is 0 Å². The van der Waals surface area contributed by atoms with Crippen molar-refractivity contribution in [3.05, 3.63) is 125 Å². The number of phenols is 1. The predicted octanol–water partition coefficient (Wildman–Crippen LogP) is 3.58. The molecular formula is C40H36BN3O8. The number of aromatic hydroxyl groups is 1. The molecule has 2 aliphatic carbocycles. The van der Waals surface area contributed by atoms with Crippen LogP contribution in [0.3, 0.4) is 0 Å². The third-order valence-electron chi connectivity index (χ3n) is 11.3. The number of carbonyl (C=O) groups is 4. The van der Waals surface area contributed by atoms with Crippen LogP contribution in [-0.2, 0) is 24.6 Å². The Morgan fingerprint density at radius 3 is 2.31 bits per heavy atom. The van der Waals surface area contributed by atoms with Gasteiger partial charge in [-0.05, 0) is 67.0 Å². The average Bonchev–Trinajstić information content (AvgIpc) is 3.53. The van der Waals surface area contributed by atoms with E-state index < -0.39 is 65.8 Å². The van der Waals surface area contributed by atoms with Crippen LogP contribution in [0.4, 0.5) is 11.4 Å². The van der Waals surface area contributed by atoms with E-state index >= 15 is 4.79 Å². The molecule has 6 unspecified atom stereocenters. The number of imide groups is 2. The van der Waals surface area contributed by atoms with Gasteiger partial charge in [0.1, 0.15) is 11.5 Å². The van der Waals surface area contributed by atoms with E-state index in [0.717, 1.165) is 21.0 Å². The Labute approximate surface area is 300 Å². The van der Waals surface area contributed by atoms with E-state index in [1.165, 1.54) is 31.4 Å². The maximum Gasteiger partial charge on any atom is 0.488 e. The van der Waals surface area contributed by atoms with Crippen molar-refractivity contribution in [3.8, 4) is 11.5 Å². The lowest BCUT2D eigenvalue weighted by Crippen LogP contribution is -2.53. The Kier molecular flexibility index (Phi) is 8.04. The molecule has 0 bridgehead atoms. The molecule has 2 saturated heterocycles. The van der Waals surface area contributed by atoms with Crippen molar-refractivity contribution in [2.24, 2.45) is 23.7 Å². The van der Waals surface area contributed by atoms with Crippen LogP contribution in [0.5, 0.6) is 11.5 Å². The molecular weight excluding hydrogens is 661 g/mol. The summed E-state index contributed by atoms with van der Waals surface area (Å²) in [6.45, 7) is 1.94. The minimum atomic E-state index is -1.80. The van der Waals surface area contributed by atoms with Crippen LogP contribution >= 0.6 is 0 Å². The van der Waals surface area contributed by atoms with Crippen LogP contribution in [-0.4, -0.2) is 58.0 Å². The molecule has 12 heteroatoms. The zero-order chi connectivity index (χ0) is 36.5. The van der Waals surface area contributed by atoms with Crippen molar-refractivity contribution in [3.63, 3.8) is 0 Å². The van der Waals surface area contributed by atoms with E-state index in [2.05, 4.69) is 5.43 Å². The lowest BCUT2D eigenvalue weighted by Gasteiger charge is -2.50. The van der Waals surface area contributed by atoms with Crippen molar-refractivity contribution < 1.29 is 39.1 Å². The number of hydrogen-bond donors (Lipinski definition) is 4. The van der Waals surface area contributed by atoms with Crippen molar-refractivity contribution in [2.75, 3.05) is 17.4 Å². The first-order valence-electron chi connectivity index (χ1n) is 17.2. The standard InChI is InChI=1S/C40H36BN3O8/c1-22-11-13-25(14-12-22)42-44-37(47)32-21-31-28(17-18-30-34(31)38(48)43(36(30)46)26-10-6-9-24(19-26)41(50)51)35(29-16-15-27(45)20-33(29)52-2)40(32,39(44)49)23-7-4-3-5-8-23/h3-17,19-20,30-32,34-35,42,45,50-51H,18,21H2,1-2H3. The van der Waals surface area contributed by atoms with Crippen LogP contribution in [0.25, 0.3) is 0 Å². The Morgan fingerprint density at radius 2 is 1.60 bits per heavy atom. The molecule has 2 heterocycles. The molecule has 0 spiro atoms. The molecule has 4 aromatic carbocycles. The number of ether oxygens (including phenoxy) is 1. The van der Waals surface area contributed by atoms with Crippen LogP contribution in [0.1, 0.15) is 35.4 Å². The van der Waals surface area contributed by atoms with Gasteiger partial charge in [0.25, 0.3) is 11.8 Å². The van der Waals surface area contributed by atoms with E-state index in [4.69, 9.17) is 4.74 Å². The van der Waals surface area contributed by atoms with Gasteiger partial charge >= 0.3 is 7.12 Å². The number of rotatable bonds is 7. The van der Waals surface area contributed by atoms with Gasteiger partial charge in [-0.25, -0.2) is 0 Å². The monoisotopic (exact) mass is 697 g/mol. The number of anilines is 2. The fourth-order valence-electron chi connectivity index (χ4n) is 9.11. The zero-order valence-electron chi connectivity index (χ0n) is 28.5. The first kappa shape index (κ1) is 33.4. The number of methoxy groups -OCH3 is 1. The molecule has 4 N–H and O–H groups in total. The molecule has 52 heavy (non-hydrogen) atoms. The number of allylic oxidation sites excluding steroid dienone is 2.